The summed E-state index contributed by atoms with van der Waals surface area (Å²) in [7, 11) is 4.51. The molecule has 0 saturated carbocycles. The minimum atomic E-state index is -0.630. The van der Waals surface area contributed by atoms with Crippen LogP contribution in [0.3, 0.4) is 0 Å². The highest BCUT2D eigenvalue weighted by Gasteiger charge is 2.26. The molecule has 6 aromatic rings. The van der Waals surface area contributed by atoms with Gasteiger partial charge in [0.15, 0.2) is 34.5 Å². The molecule has 3 heterocycles. The van der Waals surface area contributed by atoms with E-state index in [4.69, 9.17) is 32.8 Å². The van der Waals surface area contributed by atoms with Gasteiger partial charge in [0.25, 0.3) is 0 Å². The lowest BCUT2D eigenvalue weighted by Gasteiger charge is -2.14. The molecule has 6 rings (SSSR count). The number of hydrogen-bond donors (Lipinski definition) is 0. The van der Waals surface area contributed by atoms with Crippen molar-refractivity contribution in [3.63, 3.8) is 0 Å². The van der Waals surface area contributed by atoms with Gasteiger partial charge in [0.05, 0.1) is 26.8 Å². The summed E-state index contributed by atoms with van der Waals surface area (Å²) in [4.78, 5) is 53.3. The zero-order valence-corrected chi connectivity index (χ0v) is 38.4. The molecule has 64 heavy (non-hydrogen) atoms. The topological polar surface area (TPSA) is 141 Å². The van der Waals surface area contributed by atoms with Gasteiger partial charge in [0, 0.05) is 53.2 Å². The molecule has 0 fully saturated rings. The van der Waals surface area contributed by atoms with Crippen molar-refractivity contribution in [3.8, 4) is 45.6 Å². The maximum absolute atomic E-state index is 14.3. The van der Waals surface area contributed by atoms with Crippen molar-refractivity contribution in [3.05, 3.63) is 65.1 Å². The minimum absolute atomic E-state index is 0.137. The van der Waals surface area contributed by atoms with Crippen LogP contribution in [-0.2, 0) is 14.4 Å². The monoisotopic (exact) mass is 877 g/mol. The molecule has 3 aromatic heterocycles. The SMILES string of the molecule is CCCCCCCC(=O)Oc1ccc(-c2c3c4cc(OC)c(OC(=O)CCCCCCC)cc4oc(=O)c3n3ccc4cc(OC(=O)CCCCCCC)c(OC)cc4c23)cc1OC. The highest BCUT2D eigenvalue weighted by molar-refractivity contribution is 6.22. The lowest BCUT2D eigenvalue weighted by atomic mass is 9.97. The van der Waals surface area contributed by atoms with Crippen molar-refractivity contribution < 1.29 is 47.2 Å². The van der Waals surface area contributed by atoms with E-state index in [1.165, 1.54) is 27.4 Å². The highest BCUT2D eigenvalue weighted by Crippen LogP contribution is 2.46. The number of esters is 3. The molecule has 0 atom stereocenters. The van der Waals surface area contributed by atoms with Crippen LogP contribution in [0.1, 0.15) is 136 Å². The van der Waals surface area contributed by atoms with Crippen molar-refractivity contribution in [1.82, 2.24) is 4.40 Å². The van der Waals surface area contributed by atoms with E-state index in [2.05, 4.69) is 20.8 Å². The van der Waals surface area contributed by atoms with Crippen LogP contribution in [0, 0.1) is 0 Å². The van der Waals surface area contributed by atoms with Crippen LogP contribution in [0.2, 0.25) is 0 Å². The predicted octanol–water partition coefficient (Wildman–Crippen LogP) is 12.8. The number of aromatic nitrogens is 1. The molecular weight excluding hydrogens is 815 g/mol. The van der Waals surface area contributed by atoms with Gasteiger partial charge in [-0.25, -0.2) is 4.79 Å². The lowest BCUT2D eigenvalue weighted by molar-refractivity contribution is -0.135. The molecule has 3 aromatic carbocycles. The largest absolute Gasteiger partial charge is 0.493 e. The average molecular weight is 878 g/mol. The van der Waals surface area contributed by atoms with Crippen LogP contribution in [0.15, 0.2) is 63.9 Å². The fourth-order valence-corrected chi connectivity index (χ4v) is 8.32. The van der Waals surface area contributed by atoms with E-state index in [0.29, 0.717) is 50.7 Å². The van der Waals surface area contributed by atoms with Gasteiger partial charge in [-0.15, -0.1) is 0 Å². The minimum Gasteiger partial charge on any atom is -0.493 e. The molecule has 12 heteroatoms. The smallest absolute Gasteiger partial charge is 0.361 e. The van der Waals surface area contributed by atoms with Gasteiger partial charge in [-0.1, -0.05) is 104 Å². The molecule has 0 unspecified atom stereocenters. The summed E-state index contributed by atoms with van der Waals surface area (Å²) in [5.41, 5.74) is 1.68. The maximum Gasteiger partial charge on any atom is 0.361 e. The van der Waals surface area contributed by atoms with E-state index in [9.17, 15) is 19.2 Å². The van der Waals surface area contributed by atoms with Crippen LogP contribution >= 0.6 is 0 Å². The van der Waals surface area contributed by atoms with Gasteiger partial charge >= 0.3 is 23.5 Å². The number of benzene rings is 3. The lowest BCUT2D eigenvalue weighted by Crippen LogP contribution is -2.09. The molecule has 0 radical (unpaired) electrons. The fraction of sp³-hybridized carbons (Fsp3) is 0.462. The van der Waals surface area contributed by atoms with Crippen LogP contribution < -0.4 is 34.0 Å². The molecule has 0 aliphatic carbocycles. The van der Waals surface area contributed by atoms with Gasteiger partial charge in [-0.3, -0.25) is 14.4 Å². The third kappa shape index (κ3) is 11.2. The summed E-state index contributed by atoms with van der Waals surface area (Å²) in [6, 6.07) is 13.9. The Labute approximate surface area is 375 Å². The first-order valence-electron chi connectivity index (χ1n) is 23.1. The summed E-state index contributed by atoms with van der Waals surface area (Å²) in [5.74, 6) is 0.519. The molecule has 342 valence electrons. The Kier molecular flexibility index (Phi) is 17.1. The average Bonchev–Trinajstić information content (AvgIpc) is 3.65. The summed E-state index contributed by atoms with van der Waals surface area (Å²) in [6.45, 7) is 6.44. The Morgan fingerprint density at radius 3 is 1.53 bits per heavy atom. The Bertz CT molecular complexity index is 2640. The highest BCUT2D eigenvalue weighted by atomic mass is 16.6. The van der Waals surface area contributed by atoms with Gasteiger partial charge in [0.2, 0.25) is 0 Å². The number of unbranched alkanes of at least 4 members (excludes halogenated alkanes) is 12. The van der Waals surface area contributed by atoms with Crippen LogP contribution in [0.5, 0.6) is 34.5 Å². The Hall–Kier alpha value is -6.04. The summed E-state index contributed by atoms with van der Waals surface area (Å²) in [5, 5.41) is 2.45. The Morgan fingerprint density at radius 2 is 1.00 bits per heavy atom. The van der Waals surface area contributed by atoms with Gasteiger partial charge in [-0.2, -0.15) is 0 Å². The van der Waals surface area contributed by atoms with Crippen LogP contribution in [0.4, 0.5) is 0 Å². The van der Waals surface area contributed by atoms with Gasteiger partial charge in [-0.05, 0) is 66.6 Å². The molecule has 0 N–H and O–H groups in total. The molecule has 12 nitrogen and oxygen atoms in total. The number of nitrogens with zero attached hydrogens (tertiary/aromatic N) is 1. The van der Waals surface area contributed by atoms with Gasteiger partial charge in [0.1, 0.15) is 11.1 Å². The molecule has 0 amide bonds. The van der Waals surface area contributed by atoms with E-state index >= 15 is 0 Å². The summed E-state index contributed by atoms with van der Waals surface area (Å²) < 4.78 is 42.8. The first kappa shape index (κ1) is 47.4. The third-order valence-electron chi connectivity index (χ3n) is 11.7. The molecule has 0 saturated heterocycles. The molecule has 0 aliphatic rings. The normalized spacial score (nSPS) is 11.4. The number of fused-ring (bicyclic) bond motifs is 7. The van der Waals surface area contributed by atoms with Crippen molar-refractivity contribution in [2.75, 3.05) is 21.3 Å². The van der Waals surface area contributed by atoms with E-state index in [0.717, 1.165) is 95.3 Å². The number of rotatable bonds is 25. The second kappa shape index (κ2) is 23.1. The number of hydrogen-bond acceptors (Lipinski definition) is 11. The van der Waals surface area contributed by atoms with Gasteiger partial charge < -0.3 is 37.2 Å². The van der Waals surface area contributed by atoms with Crippen molar-refractivity contribution in [1.29, 1.82) is 0 Å². The summed E-state index contributed by atoms with van der Waals surface area (Å²) >= 11 is 0. The van der Waals surface area contributed by atoms with E-state index in [1.54, 1.807) is 40.9 Å². The number of pyridine rings is 1. The summed E-state index contributed by atoms with van der Waals surface area (Å²) in [6.07, 6.45) is 17.5. The van der Waals surface area contributed by atoms with Crippen molar-refractivity contribution in [2.45, 2.75) is 136 Å². The quantitative estimate of drug-likeness (QED) is 0.0235. The predicted molar refractivity (Wildman–Crippen MR) is 251 cm³/mol. The molecular formula is C52H63NO11. The number of ether oxygens (including phenoxy) is 6. The number of methoxy groups -OCH3 is 3. The van der Waals surface area contributed by atoms with Crippen LogP contribution in [0.25, 0.3) is 49.3 Å². The van der Waals surface area contributed by atoms with Crippen molar-refractivity contribution in [2.24, 2.45) is 0 Å². The first-order valence-corrected chi connectivity index (χ1v) is 23.1. The first-order chi connectivity index (χ1) is 31.1. The third-order valence-corrected chi connectivity index (χ3v) is 11.7. The Morgan fingerprint density at radius 1 is 0.516 bits per heavy atom. The zero-order valence-electron chi connectivity index (χ0n) is 38.4. The fourth-order valence-electron chi connectivity index (χ4n) is 8.32. The van der Waals surface area contributed by atoms with E-state index < -0.39 is 11.6 Å². The van der Waals surface area contributed by atoms with Crippen molar-refractivity contribution >= 4 is 56.1 Å². The molecule has 0 aliphatic heterocycles. The number of carbonyl (C=O) groups is 3. The van der Waals surface area contributed by atoms with Crippen LogP contribution in [-0.4, -0.2) is 43.6 Å². The number of carbonyl (C=O) groups excluding carboxylic acids is 3. The standard InChI is InChI=1S/C52H63NO11/c1-7-10-13-16-19-22-45(54)61-38-26-25-35(30-40(38)58-4)48-49-37-32-42(60-6)44(63-47(56)24-21-18-15-12-9-3)33-39(37)64-52(57)51(49)53-28-27-34-29-43(41(59-5)31-36(34)50(48)53)62-46(55)23-20-17-14-11-8-2/h25-33H,7-24H2,1-6H3. The zero-order chi connectivity index (χ0) is 45.6. The molecule has 0 bridgehead atoms. The second-order valence-electron chi connectivity index (χ2n) is 16.4. The second-order valence-corrected chi connectivity index (χ2v) is 16.4. The van der Waals surface area contributed by atoms with E-state index in [-0.39, 0.29) is 65.3 Å². The maximum atomic E-state index is 14.3. The Balaban J connectivity index is 1.51. The van der Waals surface area contributed by atoms with E-state index in [1.807, 2.05) is 12.1 Å². The molecule has 0 spiro atoms.